The van der Waals surface area contributed by atoms with Gasteiger partial charge in [0.15, 0.2) is 5.76 Å². The SMILES string of the molecule is COc1cccc(OC)c1-n1c(NS(=O)(=O)C2CC(c3ccc(F)cc3)CN(C(=O)OC(C)(C)C)C2)nnc1-c1ccc(C)o1. The number of anilines is 1. The number of furan rings is 1. The molecular formula is C31H36FN5O7S. The van der Waals surface area contributed by atoms with Gasteiger partial charge in [0.05, 0.1) is 19.5 Å². The van der Waals surface area contributed by atoms with E-state index in [0.29, 0.717) is 34.3 Å². The molecule has 1 amide bonds. The first-order valence-electron chi connectivity index (χ1n) is 14.3. The number of nitrogens with one attached hydrogen (secondary N) is 1. The number of ether oxygens (including phenoxy) is 3. The number of aromatic nitrogens is 3. The van der Waals surface area contributed by atoms with E-state index in [-0.39, 0.29) is 31.3 Å². The van der Waals surface area contributed by atoms with Crippen LogP contribution < -0.4 is 14.2 Å². The maximum atomic E-state index is 14.2. The van der Waals surface area contributed by atoms with Crippen molar-refractivity contribution in [1.82, 2.24) is 19.7 Å². The summed E-state index contributed by atoms with van der Waals surface area (Å²) in [6, 6.07) is 14.4. The summed E-state index contributed by atoms with van der Waals surface area (Å²) in [6.45, 7) is 7.04. The number of benzene rings is 2. The average Bonchev–Trinajstić information content (AvgIpc) is 3.61. The number of methoxy groups -OCH3 is 2. The van der Waals surface area contributed by atoms with Gasteiger partial charge in [0.2, 0.25) is 21.8 Å². The van der Waals surface area contributed by atoms with E-state index >= 15 is 0 Å². The Bertz CT molecular complexity index is 1760. The molecular weight excluding hydrogens is 605 g/mol. The fourth-order valence-corrected chi connectivity index (χ4v) is 6.68. The number of hydrogen-bond donors (Lipinski definition) is 1. The van der Waals surface area contributed by atoms with Gasteiger partial charge >= 0.3 is 6.09 Å². The van der Waals surface area contributed by atoms with E-state index in [1.165, 1.54) is 35.8 Å². The third kappa shape index (κ3) is 6.90. The fraction of sp³-hybridized carbons (Fsp3) is 0.387. The molecule has 2 unspecified atom stereocenters. The summed E-state index contributed by atoms with van der Waals surface area (Å²) in [5.74, 6) is 0.906. The maximum Gasteiger partial charge on any atom is 0.410 e. The molecule has 2 aromatic carbocycles. The molecule has 0 aliphatic carbocycles. The second-order valence-corrected chi connectivity index (χ2v) is 13.7. The number of nitrogens with zero attached hydrogens (tertiary/aromatic N) is 4. The van der Waals surface area contributed by atoms with Crippen LogP contribution in [0.3, 0.4) is 0 Å². The van der Waals surface area contributed by atoms with Crippen molar-refractivity contribution >= 4 is 22.1 Å². The molecule has 0 radical (unpaired) electrons. The van der Waals surface area contributed by atoms with Crippen molar-refractivity contribution in [1.29, 1.82) is 0 Å². The molecule has 1 aliphatic heterocycles. The van der Waals surface area contributed by atoms with Crippen molar-refractivity contribution in [3.63, 3.8) is 0 Å². The summed E-state index contributed by atoms with van der Waals surface area (Å²) < 4.78 is 68.8. The number of piperidine rings is 1. The van der Waals surface area contributed by atoms with Crippen LogP contribution in [-0.4, -0.2) is 72.3 Å². The van der Waals surface area contributed by atoms with E-state index in [4.69, 9.17) is 18.6 Å². The minimum Gasteiger partial charge on any atom is -0.494 e. The zero-order valence-corrected chi connectivity index (χ0v) is 26.7. The van der Waals surface area contributed by atoms with Crippen LogP contribution >= 0.6 is 0 Å². The number of aryl methyl sites for hydroxylation is 1. The normalized spacial score (nSPS) is 17.2. The number of carbonyl (C=O) groups excluding carboxylic acids is 1. The van der Waals surface area contributed by atoms with Crippen molar-refractivity contribution < 1.29 is 36.2 Å². The van der Waals surface area contributed by atoms with Crippen molar-refractivity contribution in [3.05, 3.63) is 71.7 Å². The Morgan fingerprint density at radius 3 is 2.24 bits per heavy atom. The molecule has 2 atom stereocenters. The summed E-state index contributed by atoms with van der Waals surface area (Å²) >= 11 is 0. The quantitative estimate of drug-likeness (QED) is 0.263. The maximum absolute atomic E-state index is 14.2. The fourth-order valence-electron chi connectivity index (χ4n) is 5.27. The molecule has 5 rings (SSSR count). The van der Waals surface area contributed by atoms with Gasteiger partial charge in [-0.3, -0.25) is 9.29 Å². The highest BCUT2D eigenvalue weighted by Gasteiger charge is 2.40. The molecule has 1 saturated heterocycles. The van der Waals surface area contributed by atoms with Crippen LogP contribution in [0, 0.1) is 12.7 Å². The lowest BCUT2D eigenvalue weighted by molar-refractivity contribution is 0.0202. The standard InChI is InChI=1S/C31H36FN5O7S/c1-19-10-15-26(43-19)28-33-34-29(37(28)27-24(41-5)8-7-9-25(27)42-6)35-45(39,40)23-16-21(20-11-13-22(32)14-12-20)17-36(18-23)30(38)44-31(2,3)4/h7-15,21,23H,16-18H2,1-6H3,(H,34,35). The molecule has 45 heavy (non-hydrogen) atoms. The zero-order chi connectivity index (χ0) is 32.5. The summed E-state index contributed by atoms with van der Waals surface area (Å²) in [5.41, 5.74) is 0.247. The van der Waals surface area contributed by atoms with E-state index in [0.717, 1.165) is 0 Å². The minimum atomic E-state index is -4.24. The second kappa shape index (κ2) is 12.4. The molecule has 1 N–H and O–H groups in total. The molecule has 1 aliphatic rings. The highest BCUT2D eigenvalue weighted by atomic mass is 32.2. The van der Waals surface area contributed by atoms with Gasteiger partial charge in [-0.2, -0.15) is 0 Å². The van der Waals surface area contributed by atoms with Gasteiger partial charge in [-0.25, -0.2) is 17.6 Å². The third-order valence-electron chi connectivity index (χ3n) is 7.33. The van der Waals surface area contributed by atoms with Crippen LogP contribution in [-0.2, 0) is 14.8 Å². The van der Waals surface area contributed by atoms with Crippen LogP contribution in [0.2, 0.25) is 0 Å². The van der Waals surface area contributed by atoms with Gasteiger partial charge in [-0.05, 0) is 76.1 Å². The van der Waals surface area contributed by atoms with Crippen LogP contribution in [0.1, 0.15) is 44.4 Å². The van der Waals surface area contributed by atoms with Crippen LogP contribution in [0.25, 0.3) is 17.3 Å². The van der Waals surface area contributed by atoms with Crippen LogP contribution in [0.5, 0.6) is 11.5 Å². The first-order chi connectivity index (χ1) is 21.3. The number of carbonyl (C=O) groups is 1. The molecule has 0 bridgehead atoms. The first-order valence-corrected chi connectivity index (χ1v) is 15.8. The van der Waals surface area contributed by atoms with Gasteiger partial charge in [0, 0.05) is 19.0 Å². The number of para-hydroxylation sites is 1. The Balaban J connectivity index is 1.56. The summed E-state index contributed by atoms with van der Waals surface area (Å²) in [5, 5.41) is 7.38. The molecule has 0 spiro atoms. The Morgan fingerprint density at radius 1 is 1.00 bits per heavy atom. The van der Waals surface area contributed by atoms with Crippen molar-refractivity contribution in [3.8, 4) is 28.8 Å². The zero-order valence-electron chi connectivity index (χ0n) is 25.9. The van der Waals surface area contributed by atoms with Gasteiger partial charge in [-0.15, -0.1) is 10.2 Å². The summed E-state index contributed by atoms with van der Waals surface area (Å²) in [6.07, 6.45) is -0.497. The Labute approximate surface area is 261 Å². The molecule has 3 heterocycles. The molecule has 12 nitrogen and oxygen atoms in total. The lowest BCUT2D eigenvalue weighted by atomic mass is 9.90. The second-order valence-electron chi connectivity index (χ2n) is 11.7. The lowest BCUT2D eigenvalue weighted by Crippen LogP contribution is -2.50. The first kappa shape index (κ1) is 31.8. The molecule has 240 valence electrons. The third-order valence-corrected chi connectivity index (χ3v) is 9.01. The van der Waals surface area contributed by atoms with Crippen LogP contribution in [0.4, 0.5) is 15.1 Å². The summed E-state index contributed by atoms with van der Waals surface area (Å²) in [7, 11) is -1.28. The number of rotatable bonds is 8. The molecule has 14 heteroatoms. The summed E-state index contributed by atoms with van der Waals surface area (Å²) in [4.78, 5) is 14.6. The van der Waals surface area contributed by atoms with E-state index in [1.807, 2.05) is 0 Å². The Morgan fingerprint density at radius 2 is 1.67 bits per heavy atom. The number of sulfonamides is 1. The van der Waals surface area contributed by atoms with Gasteiger partial charge in [0.25, 0.3) is 0 Å². The monoisotopic (exact) mass is 641 g/mol. The van der Waals surface area contributed by atoms with Crippen molar-refractivity contribution in [2.45, 2.75) is 50.9 Å². The smallest absolute Gasteiger partial charge is 0.410 e. The topological polar surface area (TPSA) is 138 Å². The Hall–Kier alpha value is -4.59. The van der Waals surface area contributed by atoms with Gasteiger partial charge in [0.1, 0.15) is 34.4 Å². The van der Waals surface area contributed by atoms with Crippen molar-refractivity contribution in [2.24, 2.45) is 0 Å². The van der Waals surface area contributed by atoms with E-state index in [1.54, 1.807) is 70.2 Å². The number of amides is 1. The van der Waals surface area contributed by atoms with Crippen LogP contribution in [0.15, 0.2) is 59.0 Å². The predicted octanol–water partition coefficient (Wildman–Crippen LogP) is 5.53. The molecule has 1 fully saturated rings. The average molecular weight is 642 g/mol. The van der Waals surface area contributed by atoms with E-state index in [9.17, 15) is 17.6 Å². The number of hydrogen-bond acceptors (Lipinski definition) is 9. The largest absolute Gasteiger partial charge is 0.494 e. The van der Waals surface area contributed by atoms with E-state index < -0.39 is 38.7 Å². The number of halogens is 1. The van der Waals surface area contributed by atoms with Crippen molar-refractivity contribution in [2.75, 3.05) is 32.0 Å². The van der Waals surface area contributed by atoms with Gasteiger partial charge in [-0.1, -0.05) is 18.2 Å². The lowest BCUT2D eigenvalue weighted by Gasteiger charge is -2.38. The highest BCUT2D eigenvalue weighted by molar-refractivity contribution is 7.93. The number of likely N-dealkylation sites (tertiary alicyclic amines) is 1. The molecule has 4 aromatic rings. The molecule has 2 aromatic heterocycles. The predicted molar refractivity (Wildman–Crippen MR) is 165 cm³/mol. The minimum absolute atomic E-state index is 0.141. The molecule has 0 saturated carbocycles. The van der Waals surface area contributed by atoms with E-state index in [2.05, 4.69) is 14.9 Å². The highest BCUT2D eigenvalue weighted by Crippen LogP contribution is 2.39. The Kier molecular flexibility index (Phi) is 8.79. The van der Waals surface area contributed by atoms with Gasteiger partial charge < -0.3 is 23.5 Å².